The second-order valence-corrected chi connectivity index (χ2v) is 10.4. The first-order valence-electron chi connectivity index (χ1n) is 12.2. The number of fused-ring (bicyclic) bond motifs is 1. The molecule has 0 saturated heterocycles. The van der Waals surface area contributed by atoms with Gasteiger partial charge in [0.1, 0.15) is 11.3 Å². The van der Waals surface area contributed by atoms with Crippen LogP contribution in [0.3, 0.4) is 0 Å². The summed E-state index contributed by atoms with van der Waals surface area (Å²) >= 11 is 1.39. The Morgan fingerprint density at radius 1 is 1.08 bits per heavy atom. The fourth-order valence-electron chi connectivity index (χ4n) is 4.06. The molecule has 1 aromatic heterocycles. The number of hydrogen-bond acceptors (Lipinski definition) is 6. The Morgan fingerprint density at radius 3 is 2.39 bits per heavy atom. The third-order valence-electron chi connectivity index (χ3n) is 6.32. The number of aromatic nitrogens is 1. The lowest BCUT2D eigenvalue weighted by Crippen LogP contribution is -2.16. The molecule has 3 aromatic rings. The van der Waals surface area contributed by atoms with Crippen LogP contribution in [-0.4, -0.2) is 42.8 Å². The van der Waals surface area contributed by atoms with Crippen LogP contribution in [-0.2, 0) is 4.74 Å². The zero-order valence-corrected chi connectivity index (χ0v) is 23.1. The van der Waals surface area contributed by atoms with Crippen LogP contribution < -0.4 is 10.1 Å². The summed E-state index contributed by atoms with van der Waals surface area (Å²) in [5.74, 6) is 1.26. The molecular formula is C28H38N2O5S. The summed E-state index contributed by atoms with van der Waals surface area (Å²) < 4.78 is 11.1. The minimum atomic E-state index is -1.11. The highest BCUT2D eigenvalue weighted by Gasteiger charge is 2.21. The Bertz CT molecular complexity index is 1160. The third-order valence-corrected chi connectivity index (χ3v) is 7.32. The number of benzene rings is 2. The van der Waals surface area contributed by atoms with Crippen LogP contribution in [0, 0.1) is 24.7 Å². The van der Waals surface area contributed by atoms with Gasteiger partial charge in [0.25, 0.3) is 5.91 Å². The number of nitrogens with one attached hydrogen (secondary N) is 1. The summed E-state index contributed by atoms with van der Waals surface area (Å²) in [6, 6.07) is 9.72. The van der Waals surface area contributed by atoms with Crippen molar-refractivity contribution in [1.29, 1.82) is 0 Å². The molecule has 0 bridgehead atoms. The number of carboxylic acids is 1. The van der Waals surface area contributed by atoms with Crippen LogP contribution in [0.5, 0.6) is 5.75 Å². The highest BCUT2D eigenvalue weighted by atomic mass is 32.1. The molecule has 3 unspecified atom stereocenters. The largest absolute Gasteiger partial charge is 0.496 e. The van der Waals surface area contributed by atoms with Crippen LogP contribution in [0.1, 0.15) is 66.3 Å². The third kappa shape index (κ3) is 7.77. The standard InChI is InChI=1S/C17H14N2O4S.C11H24O/c1-9-18-12-7-8-13(23-2)14(15(12)24-9)16(20)19-11-6-4-3-5-10(11)17(21)22;1-6-10(3)11(4)7-9(2)8-12-5/h3-8H,1-2H3,(H,19,20)(H,21,22);9-11H,6-8H2,1-5H3. The van der Waals surface area contributed by atoms with E-state index in [2.05, 4.69) is 38.0 Å². The molecule has 3 atom stereocenters. The second kappa shape index (κ2) is 13.9. The lowest BCUT2D eigenvalue weighted by Gasteiger charge is -2.21. The molecule has 0 aliphatic heterocycles. The number of anilines is 1. The summed E-state index contributed by atoms with van der Waals surface area (Å²) in [6.07, 6.45) is 2.59. The van der Waals surface area contributed by atoms with Crippen molar-refractivity contribution in [3.63, 3.8) is 0 Å². The molecule has 2 aromatic carbocycles. The van der Waals surface area contributed by atoms with Crippen LogP contribution in [0.25, 0.3) is 10.2 Å². The molecule has 196 valence electrons. The van der Waals surface area contributed by atoms with Crippen molar-refractivity contribution < 1.29 is 24.2 Å². The van der Waals surface area contributed by atoms with E-state index >= 15 is 0 Å². The number of hydrogen-bond donors (Lipinski definition) is 2. The second-order valence-electron chi connectivity index (χ2n) is 9.19. The summed E-state index contributed by atoms with van der Waals surface area (Å²) in [5, 5.41) is 12.7. The predicted molar refractivity (Wildman–Crippen MR) is 147 cm³/mol. The summed E-state index contributed by atoms with van der Waals surface area (Å²) in [6.45, 7) is 12.0. The Kier molecular flexibility index (Phi) is 11.3. The number of methoxy groups -OCH3 is 2. The van der Waals surface area contributed by atoms with Gasteiger partial charge in [0.15, 0.2) is 0 Å². The van der Waals surface area contributed by atoms with Gasteiger partial charge in [-0.2, -0.15) is 0 Å². The molecule has 1 heterocycles. The van der Waals surface area contributed by atoms with Crippen molar-refractivity contribution in [3.05, 3.63) is 52.5 Å². The number of nitrogens with zero attached hydrogens (tertiary/aromatic N) is 1. The topological polar surface area (TPSA) is 97.8 Å². The molecule has 3 rings (SSSR count). The van der Waals surface area contributed by atoms with E-state index in [9.17, 15) is 14.7 Å². The van der Waals surface area contributed by atoms with E-state index in [1.54, 1.807) is 37.4 Å². The minimum absolute atomic E-state index is 0.0254. The number of amides is 1. The number of aromatic carboxylic acids is 1. The van der Waals surface area contributed by atoms with E-state index in [0.717, 1.165) is 23.5 Å². The first-order chi connectivity index (χ1) is 17.1. The molecular weight excluding hydrogens is 476 g/mol. The Balaban J connectivity index is 0.000000324. The number of para-hydroxylation sites is 1. The molecule has 0 radical (unpaired) electrons. The van der Waals surface area contributed by atoms with Crippen molar-refractivity contribution in [3.8, 4) is 5.75 Å². The molecule has 7 nitrogen and oxygen atoms in total. The van der Waals surface area contributed by atoms with Crippen LogP contribution >= 0.6 is 11.3 Å². The molecule has 0 aliphatic rings. The quantitative estimate of drug-likeness (QED) is 0.305. The van der Waals surface area contributed by atoms with Gasteiger partial charge < -0.3 is 19.9 Å². The van der Waals surface area contributed by atoms with Crippen molar-refractivity contribution in [2.24, 2.45) is 17.8 Å². The molecule has 0 spiro atoms. The van der Waals surface area contributed by atoms with Crippen LogP contribution in [0.2, 0.25) is 0 Å². The smallest absolute Gasteiger partial charge is 0.337 e. The SMILES string of the molecule is CCC(C)C(C)CC(C)COC.COc1ccc2nc(C)sc2c1C(=O)Nc1ccccc1C(=O)O. The average Bonchev–Trinajstić information content (AvgIpc) is 3.23. The van der Waals surface area contributed by atoms with E-state index in [1.165, 1.54) is 37.4 Å². The van der Waals surface area contributed by atoms with Gasteiger partial charge in [-0.3, -0.25) is 4.79 Å². The van der Waals surface area contributed by atoms with Crippen molar-refractivity contribution in [2.75, 3.05) is 26.1 Å². The number of aryl methyl sites for hydroxylation is 1. The van der Waals surface area contributed by atoms with E-state index < -0.39 is 11.9 Å². The lowest BCUT2D eigenvalue weighted by molar-refractivity contribution is 0.0698. The van der Waals surface area contributed by atoms with Gasteiger partial charge in [-0.25, -0.2) is 9.78 Å². The first kappa shape index (κ1) is 29.3. The van der Waals surface area contributed by atoms with Crippen molar-refractivity contribution in [1.82, 2.24) is 4.98 Å². The van der Waals surface area contributed by atoms with Crippen molar-refractivity contribution in [2.45, 2.75) is 47.5 Å². The van der Waals surface area contributed by atoms with Gasteiger partial charge in [0, 0.05) is 13.7 Å². The zero-order chi connectivity index (χ0) is 26.8. The first-order valence-corrected chi connectivity index (χ1v) is 13.0. The lowest BCUT2D eigenvalue weighted by atomic mass is 9.86. The van der Waals surface area contributed by atoms with Gasteiger partial charge in [-0.05, 0) is 55.4 Å². The van der Waals surface area contributed by atoms with Gasteiger partial charge in [-0.15, -0.1) is 11.3 Å². The summed E-state index contributed by atoms with van der Waals surface area (Å²) in [7, 11) is 3.27. The Labute approximate surface area is 217 Å². The molecule has 2 N–H and O–H groups in total. The van der Waals surface area contributed by atoms with E-state index in [1.807, 2.05) is 6.92 Å². The highest BCUT2D eigenvalue weighted by molar-refractivity contribution is 7.19. The number of thiazole rings is 1. The van der Waals surface area contributed by atoms with Gasteiger partial charge in [-0.1, -0.05) is 46.2 Å². The molecule has 0 fully saturated rings. The van der Waals surface area contributed by atoms with Crippen molar-refractivity contribution >= 4 is 39.1 Å². The van der Waals surface area contributed by atoms with E-state index in [0.29, 0.717) is 27.4 Å². The normalized spacial score (nSPS) is 13.3. The molecule has 0 aliphatic carbocycles. The Morgan fingerprint density at radius 2 is 1.78 bits per heavy atom. The highest BCUT2D eigenvalue weighted by Crippen LogP contribution is 2.33. The summed E-state index contributed by atoms with van der Waals surface area (Å²) in [4.78, 5) is 28.5. The number of rotatable bonds is 10. The van der Waals surface area contributed by atoms with E-state index in [-0.39, 0.29) is 11.3 Å². The predicted octanol–water partition coefficient (Wildman–Crippen LogP) is 6.91. The van der Waals surface area contributed by atoms with Gasteiger partial charge in [0.05, 0.1) is 33.6 Å². The van der Waals surface area contributed by atoms with Crippen LogP contribution in [0.4, 0.5) is 5.69 Å². The van der Waals surface area contributed by atoms with Gasteiger partial charge in [0.2, 0.25) is 0 Å². The number of carboxylic acid groups (broad SMARTS) is 1. The number of carbonyl (C=O) groups excluding carboxylic acids is 1. The summed E-state index contributed by atoms with van der Waals surface area (Å²) in [5.41, 5.74) is 1.31. The minimum Gasteiger partial charge on any atom is -0.496 e. The number of carbonyl (C=O) groups is 2. The zero-order valence-electron chi connectivity index (χ0n) is 22.3. The molecule has 8 heteroatoms. The van der Waals surface area contributed by atoms with Gasteiger partial charge >= 0.3 is 5.97 Å². The maximum atomic E-state index is 12.8. The maximum Gasteiger partial charge on any atom is 0.337 e. The monoisotopic (exact) mass is 514 g/mol. The molecule has 1 amide bonds. The fourth-order valence-corrected chi connectivity index (χ4v) is 5.01. The molecule has 36 heavy (non-hydrogen) atoms. The Hall–Kier alpha value is -2.97. The fraction of sp³-hybridized carbons (Fsp3) is 0.464. The van der Waals surface area contributed by atoms with Crippen LogP contribution in [0.15, 0.2) is 36.4 Å². The molecule has 0 saturated carbocycles. The van der Waals surface area contributed by atoms with E-state index in [4.69, 9.17) is 9.47 Å². The number of ether oxygens (including phenoxy) is 2. The average molecular weight is 515 g/mol. The maximum absolute atomic E-state index is 12.8.